The van der Waals surface area contributed by atoms with Gasteiger partial charge >= 0.3 is 0 Å². The number of hydrogen-bond donors (Lipinski definition) is 0. The predicted molar refractivity (Wildman–Crippen MR) is 99.7 cm³/mol. The molecule has 0 unspecified atom stereocenters. The number of thioether (sulfide) groups is 1. The molecular formula is C18H14FNO2S2. The monoisotopic (exact) mass is 359 g/mol. The Morgan fingerprint density at radius 3 is 2.71 bits per heavy atom. The molecule has 6 heteroatoms. The number of amides is 1. The van der Waals surface area contributed by atoms with Gasteiger partial charge in [-0.1, -0.05) is 36.1 Å². The molecular weight excluding hydrogens is 345 g/mol. The summed E-state index contributed by atoms with van der Waals surface area (Å²) in [5, 5.41) is 0. The van der Waals surface area contributed by atoms with Gasteiger partial charge in [0.05, 0.1) is 17.2 Å². The van der Waals surface area contributed by atoms with E-state index in [0.29, 0.717) is 21.5 Å². The van der Waals surface area contributed by atoms with Gasteiger partial charge in [0.2, 0.25) is 0 Å². The van der Waals surface area contributed by atoms with E-state index in [4.69, 9.17) is 17.0 Å². The van der Waals surface area contributed by atoms with E-state index >= 15 is 0 Å². The third kappa shape index (κ3) is 3.49. The minimum atomic E-state index is -0.354. The van der Waals surface area contributed by atoms with Crippen LogP contribution in [0.2, 0.25) is 0 Å². The molecule has 0 saturated carbocycles. The van der Waals surface area contributed by atoms with Crippen molar-refractivity contribution in [3.05, 3.63) is 64.8 Å². The number of anilines is 1. The Bertz CT molecular complexity index is 818. The molecule has 122 valence electrons. The maximum Gasteiger partial charge on any atom is 0.270 e. The van der Waals surface area contributed by atoms with E-state index in [1.807, 2.05) is 31.2 Å². The molecule has 0 bridgehead atoms. The minimum Gasteiger partial charge on any atom is -0.494 e. The van der Waals surface area contributed by atoms with Crippen LogP contribution in [0.1, 0.15) is 12.5 Å². The van der Waals surface area contributed by atoms with E-state index < -0.39 is 0 Å². The van der Waals surface area contributed by atoms with Gasteiger partial charge in [-0.25, -0.2) is 4.39 Å². The van der Waals surface area contributed by atoms with Crippen LogP contribution in [-0.4, -0.2) is 16.8 Å². The first kappa shape index (κ1) is 16.7. The van der Waals surface area contributed by atoms with E-state index in [-0.39, 0.29) is 11.7 Å². The SMILES string of the molecule is CCOc1cccc(/C=C2\SC(=S)N(c3ccc(F)cc3)C2=O)c1. The predicted octanol–water partition coefficient (Wildman–Crippen LogP) is 4.63. The highest BCUT2D eigenvalue weighted by Gasteiger charge is 2.33. The molecule has 1 heterocycles. The van der Waals surface area contributed by atoms with Crippen molar-refractivity contribution < 1.29 is 13.9 Å². The maximum atomic E-state index is 13.1. The molecule has 2 aromatic rings. The zero-order valence-electron chi connectivity index (χ0n) is 12.9. The number of rotatable bonds is 4. The average Bonchev–Trinajstić information content (AvgIpc) is 2.83. The first-order valence-electron chi connectivity index (χ1n) is 7.35. The Kier molecular flexibility index (Phi) is 4.97. The van der Waals surface area contributed by atoms with Crippen LogP contribution in [0, 0.1) is 5.82 Å². The molecule has 24 heavy (non-hydrogen) atoms. The standard InChI is InChI=1S/C18H14FNO2S2/c1-2-22-15-5-3-4-12(10-15)11-16-17(21)20(18(23)24-16)14-8-6-13(19)7-9-14/h3-11H,2H2,1H3/b16-11-. The summed E-state index contributed by atoms with van der Waals surface area (Å²) in [7, 11) is 0. The van der Waals surface area contributed by atoms with Gasteiger partial charge in [0.1, 0.15) is 11.6 Å². The van der Waals surface area contributed by atoms with Crippen molar-refractivity contribution in [2.75, 3.05) is 11.5 Å². The number of halogens is 1. The minimum absolute atomic E-state index is 0.210. The van der Waals surface area contributed by atoms with Gasteiger partial charge in [-0.3, -0.25) is 9.69 Å². The van der Waals surface area contributed by atoms with Gasteiger partial charge in [-0.05, 0) is 55.0 Å². The average molecular weight is 359 g/mol. The lowest BCUT2D eigenvalue weighted by Gasteiger charge is -2.14. The molecule has 1 saturated heterocycles. The second-order valence-electron chi connectivity index (χ2n) is 5.00. The number of ether oxygens (including phenoxy) is 1. The third-order valence-electron chi connectivity index (χ3n) is 3.35. The molecule has 3 nitrogen and oxygen atoms in total. The van der Waals surface area contributed by atoms with Crippen LogP contribution >= 0.6 is 24.0 Å². The maximum absolute atomic E-state index is 13.1. The van der Waals surface area contributed by atoms with Crippen LogP contribution < -0.4 is 9.64 Å². The second-order valence-corrected chi connectivity index (χ2v) is 6.67. The number of nitrogens with zero attached hydrogens (tertiary/aromatic N) is 1. The Labute approximate surface area is 149 Å². The van der Waals surface area contributed by atoms with E-state index in [0.717, 1.165) is 11.3 Å². The summed E-state index contributed by atoms with van der Waals surface area (Å²) in [6, 6.07) is 13.2. The summed E-state index contributed by atoms with van der Waals surface area (Å²) in [6.07, 6.45) is 1.78. The van der Waals surface area contributed by atoms with Gasteiger partial charge in [-0.15, -0.1) is 0 Å². The van der Waals surface area contributed by atoms with Crippen LogP contribution in [0.25, 0.3) is 6.08 Å². The van der Waals surface area contributed by atoms with Gasteiger partial charge in [0.25, 0.3) is 5.91 Å². The van der Waals surface area contributed by atoms with Crippen molar-refractivity contribution in [2.45, 2.75) is 6.92 Å². The van der Waals surface area contributed by atoms with Gasteiger partial charge < -0.3 is 4.74 Å². The Hall–Kier alpha value is -2.18. The van der Waals surface area contributed by atoms with E-state index in [1.165, 1.54) is 28.8 Å². The molecule has 1 amide bonds. The molecule has 0 aliphatic carbocycles. The van der Waals surface area contributed by atoms with Crippen LogP contribution in [0.5, 0.6) is 5.75 Å². The van der Waals surface area contributed by atoms with Crippen molar-refractivity contribution >= 4 is 46.0 Å². The topological polar surface area (TPSA) is 29.5 Å². The van der Waals surface area contributed by atoms with Gasteiger partial charge in [0, 0.05) is 0 Å². The van der Waals surface area contributed by atoms with Crippen molar-refractivity contribution in [1.29, 1.82) is 0 Å². The molecule has 0 N–H and O–H groups in total. The largest absolute Gasteiger partial charge is 0.494 e. The van der Waals surface area contributed by atoms with Crippen LogP contribution in [0.3, 0.4) is 0 Å². The number of benzene rings is 2. The third-order valence-corrected chi connectivity index (χ3v) is 4.65. The molecule has 0 radical (unpaired) electrons. The van der Waals surface area contributed by atoms with Crippen molar-refractivity contribution in [2.24, 2.45) is 0 Å². The van der Waals surface area contributed by atoms with E-state index in [9.17, 15) is 9.18 Å². The highest BCUT2D eigenvalue weighted by molar-refractivity contribution is 8.27. The highest BCUT2D eigenvalue weighted by Crippen LogP contribution is 2.36. The lowest BCUT2D eigenvalue weighted by atomic mass is 10.2. The fourth-order valence-corrected chi connectivity index (χ4v) is 3.59. The zero-order chi connectivity index (χ0) is 17.1. The lowest BCUT2D eigenvalue weighted by molar-refractivity contribution is -0.113. The summed E-state index contributed by atoms with van der Waals surface area (Å²) in [6.45, 7) is 2.50. The van der Waals surface area contributed by atoms with Crippen molar-refractivity contribution in [1.82, 2.24) is 0 Å². The summed E-state index contributed by atoms with van der Waals surface area (Å²) in [5.41, 5.74) is 1.42. The Morgan fingerprint density at radius 1 is 1.25 bits per heavy atom. The molecule has 1 fully saturated rings. The lowest BCUT2D eigenvalue weighted by Crippen LogP contribution is -2.27. The smallest absolute Gasteiger partial charge is 0.270 e. The van der Waals surface area contributed by atoms with E-state index in [2.05, 4.69) is 0 Å². The highest BCUT2D eigenvalue weighted by atomic mass is 32.2. The summed E-state index contributed by atoms with van der Waals surface area (Å²) < 4.78 is 19.0. The molecule has 0 atom stereocenters. The molecule has 0 aromatic heterocycles. The summed E-state index contributed by atoms with van der Waals surface area (Å²) >= 11 is 6.53. The molecule has 0 spiro atoms. The van der Waals surface area contributed by atoms with Crippen molar-refractivity contribution in [3.63, 3.8) is 0 Å². The fourth-order valence-electron chi connectivity index (χ4n) is 2.29. The fraction of sp³-hybridized carbons (Fsp3) is 0.111. The number of thiocarbonyl (C=S) groups is 1. The zero-order valence-corrected chi connectivity index (χ0v) is 14.5. The number of hydrogen-bond acceptors (Lipinski definition) is 4. The van der Waals surface area contributed by atoms with Crippen molar-refractivity contribution in [3.8, 4) is 5.75 Å². The first-order valence-corrected chi connectivity index (χ1v) is 8.57. The molecule has 1 aliphatic rings. The molecule has 1 aliphatic heterocycles. The number of carbonyl (C=O) groups excluding carboxylic acids is 1. The van der Waals surface area contributed by atoms with E-state index in [1.54, 1.807) is 18.2 Å². The first-order chi connectivity index (χ1) is 11.6. The van der Waals surface area contributed by atoms with Gasteiger partial charge in [-0.2, -0.15) is 0 Å². The normalized spacial score (nSPS) is 16.1. The summed E-state index contributed by atoms with van der Waals surface area (Å²) in [5.74, 6) is 0.186. The van der Waals surface area contributed by atoms with Gasteiger partial charge in [0.15, 0.2) is 4.32 Å². The summed E-state index contributed by atoms with van der Waals surface area (Å²) in [4.78, 5) is 14.6. The quantitative estimate of drug-likeness (QED) is 0.588. The second kappa shape index (κ2) is 7.15. The Morgan fingerprint density at radius 2 is 2.00 bits per heavy atom. The van der Waals surface area contributed by atoms with Crippen LogP contribution in [0.4, 0.5) is 10.1 Å². The molecule has 2 aromatic carbocycles. The van der Waals surface area contributed by atoms with Crippen LogP contribution in [-0.2, 0) is 4.79 Å². The van der Waals surface area contributed by atoms with Crippen LogP contribution in [0.15, 0.2) is 53.4 Å². The molecule has 3 rings (SSSR count). The number of carbonyl (C=O) groups is 1. The Balaban J connectivity index is 1.88.